The van der Waals surface area contributed by atoms with E-state index >= 15 is 0 Å². The molecule has 3 aromatic rings. The zero-order valence-electron chi connectivity index (χ0n) is 23.5. The van der Waals surface area contributed by atoms with Crippen molar-refractivity contribution in [3.8, 4) is 17.2 Å². The van der Waals surface area contributed by atoms with Crippen LogP contribution in [0, 0.1) is 11.3 Å². The highest BCUT2D eigenvalue weighted by molar-refractivity contribution is 5.89. The van der Waals surface area contributed by atoms with E-state index in [1.54, 1.807) is 6.92 Å². The molecule has 2 amide bonds. The molecule has 0 saturated carbocycles. The van der Waals surface area contributed by atoms with E-state index in [-0.39, 0.29) is 25.6 Å². The summed E-state index contributed by atoms with van der Waals surface area (Å²) >= 11 is 0. The molecular weight excluding hydrogens is 534 g/mol. The molecule has 0 heterocycles. The summed E-state index contributed by atoms with van der Waals surface area (Å²) < 4.78 is 11.3. The third kappa shape index (κ3) is 7.74. The normalized spacial score (nSPS) is 14.0. The average molecular weight is 570 g/mol. The number of alkyl carbamates (subject to hydrolysis) is 1. The number of carbonyl (C=O) groups excluding carboxylic acids is 2. The lowest BCUT2D eigenvalue weighted by molar-refractivity contribution is -0.146. The van der Waals surface area contributed by atoms with Gasteiger partial charge in [0.2, 0.25) is 5.91 Å². The van der Waals surface area contributed by atoms with Crippen molar-refractivity contribution in [3.05, 3.63) is 95.6 Å². The largest absolute Gasteiger partial charge is 0.480 e. The minimum absolute atomic E-state index is 0.0741. The number of carbonyl (C=O) groups is 3. The average Bonchev–Trinajstić information content (AvgIpc) is 3.33. The van der Waals surface area contributed by atoms with E-state index in [4.69, 9.17) is 14.7 Å². The highest BCUT2D eigenvalue weighted by Gasteiger charge is 2.32. The summed E-state index contributed by atoms with van der Waals surface area (Å²) in [6, 6.07) is 24.9. The third-order valence-electron chi connectivity index (χ3n) is 7.37. The van der Waals surface area contributed by atoms with Gasteiger partial charge in [0.05, 0.1) is 18.8 Å². The molecule has 0 spiro atoms. The number of nitrogens with zero attached hydrogens (tertiary/aromatic N) is 1. The van der Waals surface area contributed by atoms with E-state index in [0.29, 0.717) is 19.3 Å². The second kappa shape index (κ2) is 14.8. The summed E-state index contributed by atoms with van der Waals surface area (Å²) in [4.78, 5) is 38.2. The first-order valence-electron chi connectivity index (χ1n) is 14.1. The van der Waals surface area contributed by atoms with Crippen LogP contribution in [0.1, 0.15) is 55.2 Å². The maximum absolute atomic E-state index is 13.3. The fourth-order valence-corrected chi connectivity index (χ4v) is 5.14. The molecule has 0 bridgehead atoms. The van der Waals surface area contributed by atoms with Gasteiger partial charge in [-0.3, -0.25) is 4.79 Å². The number of carboxylic acids is 1. The number of rotatable bonds is 14. The lowest BCUT2D eigenvalue weighted by Crippen LogP contribution is -2.55. The zero-order chi connectivity index (χ0) is 29.9. The summed E-state index contributed by atoms with van der Waals surface area (Å²) in [6.45, 7) is 1.82. The van der Waals surface area contributed by atoms with Crippen molar-refractivity contribution >= 4 is 18.0 Å². The Morgan fingerprint density at radius 1 is 0.905 bits per heavy atom. The Kier molecular flexibility index (Phi) is 10.7. The highest BCUT2D eigenvalue weighted by Crippen LogP contribution is 2.44. The van der Waals surface area contributed by atoms with Crippen LogP contribution < -0.4 is 10.6 Å². The number of amides is 2. The summed E-state index contributed by atoms with van der Waals surface area (Å²) in [5, 5.41) is 23.8. The fourth-order valence-electron chi connectivity index (χ4n) is 5.14. The van der Waals surface area contributed by atoms with Gasteiger partial charge in [-0.2, -0.15) is 5.26 Å². The van der Waals surface area contributed by atoms with E-state index in [1.807, 2.05) is 78.9 Å². The van der Waals surface area contributed by atoms with E-state index < -0.39 is 36.2 Å². The van der Waals surface area contributed by atoms with Crippen molar-refractivity contribution in [2.45, 2.75) is 63.3 Å². The van der Waals surface area contributed by atoms with Crippen molar-refractivity contribution in [1.29, 1.82) is 5.26 Å². The minimum Gasteiger partial charge on any atom is -0.480 e. The predicted molar refractivity (Wildman–Crippen MR) is 156 cm³/mol. The number of aliphatic carboxylic acids is 1. The second-order valence-electron chi connectivity index (χ2n) is 10.3. The minimum atomic E-state index is -1.34. The first kappa shape index (κ1) is 30.3. The fraction of sp³-hybridized carbons (Fsp3) is 0.333. The monoisotopic (exact) mass is 569 g/mol. The van der Waals surface area contributed by atoms with E-state index in [1.165, 1.54) is 0 Å². The molecule has 9 heteroatoms. The van der Waals surface area contributed by atoms with Gasteiger partial charge in [-0.25, -0.2) is 9.59 Å². The van der Waals surface area contributed by atoms with Crippen LogP contribution in [0.15, 0.2) is 78.9 Å². The summed E-state index contributed by atoms with van der Waals surface area (Å²) in [7, 11) is 0. The van der Waals surface area contributed by atoms with Gasteiger partial charge < -0.3 is 25.2 Å². The van der Waals surface area contributed by atoms with Crippen LogP contribution in [0.2, 0.25) is 0 Å². The number of carboxylic acid groups (broad SMARTS) is 1. The summed E-state index contributed by atoms with van der Waals surface area (Å²) in [5.74, 6) is -2.07. The van der Waals surface area contributed by atoms with Crippen LogP contribution in [0.5, 0.6) is 0 Å². The number of benzene rings is 3. The number of nitrogens with one attached hydrogen (secondary N) is 2. The maximum Gasteiger partial charge on any atom is 0.407 e. The SMILES string of the molecule is C[C@@H](OCc1ccccc1)[C@H](NC(=O)C(CCCCC#N)NC(=O)OCC1c2ccccc2-c2ccccc21)C(=O)O. The molecule has 42 heavy (non-hydrogen) atoms. The Hall–Kier alpha value is -4.68. The van der Waals surface area contributed by atoms with Crippen molar-refractivity contribution in [3.63, 3.8) is 0 Å². The van der Waals surface area contributed by atoms with Crippen molar-refractivity contribution in [2.24, 2.45) is 0 Å². The van der Waals surface area contributed by atoms with Crippen molar-refractivity contribution in [1.82, 2.24) is 10.6 Å². The van der Waals surface area contributed by atoms with Crippen molar-refractivity contribution < 1.29 is 29.0 Å². The highest BCUT2D eigenvalue weighted by atomic mass is 16.5. The third-order valence-corrected chi connectivity index (χ3v) is 7.37. The lowest BCUT2D eigenvalue weighted by Gasteiger charge is -2.25. The molecule has 218 valence electrons. The molecule has 9 nitrogen and oxygen atoms in total. The Morgan fingerprint density at radius 3 is 2.14 bits per heavy atom. The van der Waals surface area contributed by atoms with Crippen LogP contribution >= 0.6 is 0 Å². The summed E-state index contributed by atoms with van der Waals surface area (Å²) in [6.07, 6.45) is -0.0958. The molecular formula is C33H35N3O6. The molecule has 0 radical (unpaired) electrons. The van der Waals surface area contributed by atoms with E-state index in [9.17, 15) is 19.5 Å². The standard InChI is InChI=1S/C33H35N3O6/c1-22(41-20-23-12-4-2-5-13-23)30(32(38)39)36-31(37)29(18-6-3-11-19-34)35-33(40)42-21-28-26-16-9-7-14-24(26)25-15-8-10-17-27(25)28/h2,4-5,7-10,12-17,22,28-30H,3,6,11,18,20-21H2,1H3,(H,35,40)(H,36,37)(H,38,39)/t22-,29?,30+/m1/s1. The molecule has 1 aliphatic rings. The van der Waals surface area contributed by atoms with E-state index in [2.05, 4.69) is 16.7 Å². The number of nitriles is 1. The van der Waals surface area contributed by atoms with Gasteiger partial charge in [0.15, 0.2) is 6.04 Å². The Labute approximate surface area is 245 Å². The summed E-state index contributed by atoms with van der Waals surface area (Å²) in [5.41, 5.74) is 5.18. The Morgan fingerprint density at radius 2 is 1.52 bits per heavy atom. The maximum atomic E-state index is 13.3. The number of ether oxygens (including phenoxy) is 2. The number of unbranched alkanes of at least 4 members (excludes halogenated alkanes) is 2. The number of fused-ring (bicyclic) bond motifs is 3. The molecule has 0 saturated heterocycles. The van der Waals surface area contributed by atoms with Gasteiger partial charge in [0.25, 0.3) is 0 Å². The van der Waals surface area contributed by atoms with Crippen LogP contribution in [0.25, 0.3) is 11.1 Å². The molecule has 0 fully saturated rings. The van der Waals surface area contributed by atoms with Gasteiger partial charge >= 0.3 is 12.1 Å². The quantitative estimate of drug-likeness (QED) is 0.228. The van der Waals surface area contributed by atoms with Crippen molar-refractivity contribution in [2.75, 3.05) is 6.61 Å². The van der Waals surface area contributed by atoms with Crippen LogP contribution in [-0.4, -0.2) is 47.9 Å². The van der Waals surface area contributed by atoms with Gasteiger partial charge in [0.1, 0.15) is 12.6 Å². The lowest BCUT2D eigenvalue weighted by atomic mass is 9.98. The topological polar surface area (TPSA) is 138 Å². The first-order chi connectivity index (χ1) is 20.4. The number of hydrogen-bond acceptors (Lipinski definition) is 6. The van der Waals surface area contributed by atoms with Crippen LogP contribution in [0.3, 0.4) is 0 Å². The molecule has 4 rings (SSSR count). The van der Waals surface area contributed by atoms with Gasteiger partial charge in [-0.15, -0.1) is 0 Å². The Balaban J connectivity index is 1.39. The molecule has 0 aromatic heterocycles. The molecule has 1 aliphatic carbocycles. The molecule has 0 aliphatic heterocycles. The van der Waals surface area contributed by atoms with Gasteiger partial charge in [-0.05, 0) is 54.0 Å². The second-order valence-corrected chi connectivity index (χ2v) is 10.3. The van der Waals surface area contributed by atoms with Crippen LogP contribution in [0.4, 0.5) is 4.79 Å². The predicted octanol–water partition coefficient (Wildman–Crippen LogP) is 5.15. The first-order valence-corrected chi connectivity index (χ1v) is 14.1. The van der Waals surface area contributed by atoms with Crippen LogP contribution in [-0.2, 0) is 25.7 Å². The van der Waals surface area contributed by atoms with Gasteiger partial charge in [0, 0.05) is 12.3 Å². The van der Waals surface area contributed by atoms with Gasteiger partial charge in [-0.1, -0.05) is 78.9 Å². The smallest absolute Gasteiger partial charge is 0.407 e. The number of hydrogen-bond donors (Lipinski definition) is 3. The molecule has 3 N–H and O–H groups in total. The molecule has 1 unspecified atom stereocenters. The zero-order valence-corrected chi connectivity index (χ0v) is 23.5. The molecule has 3 aromatic carbocycles. The Bertz CT molecular complexity index is 1380. The van der Waals surface area contributed by atoms with E-state index in [0.717, 1.165) is 27.8 Å². The molecule has 3 atom stereocenters.